The van der Waals surface area contributed by atoms with Crippen molar-refractivity contribution < 1.29 is 28.6 Å². The minimum atomic E-state index is -0.500. The zero-order chi connectivity index (χ0) is 29.0. The summed E-state index contributed by atoms with van der Waals surface area (Å²) in [5, 5.41) is 0. The van der Waals surface area contributed by atoms with Gasteiger partial charge in [0.1, 0.15) is 12.2 Å². The Morgan fingerprint density at radius 1 is 0.487 bits per heavy atom. The summed E-state index contributed by atoms with van der Waals surface area (Å²) in [4.78, 5) is 36.1. The summed E-state index contributed by atoms with van der Waals surface area (Å²) in [5.74, 6) is -0.829. The molecule has 0 aromatic rings. The number of esters is 3. The van der Waals surface area contributed by atoms with Crippen LogP contribution < -0.4 is 0 Å². The molecule has 0 saturated carbocycles. The van der Waals surface area contributed by atoms with Crippen LogP contribution in [0, 0.1) is 0 Å². The molecule has 0 unspecified atom stereocenters. The number of unbranched alkanes of at least 4 members (excludes halogenated alkanes) is 17. The van der Waals surface area contributed by atoms with Gasteiger partial charge in [-0.25, -0.2) is 0 Å². The van der Waals surface area contributed by atoms with Crippen molar-refractivity contribution in [2.45, 2.75) is 188 Å². The molecule has 0 bridgehead atoms. The molecule has 0 saturated heterocycles. The van der Waals surface area contributed by atoms with Crippen molar-refractivity contribution in [2.75, 3.05) is 6.61 Å². The number of rotatable bonds is 28. The van der Waals surface area contributed by atoms with Gasteiger partial charge < -0.3 is 14.2 Å². The topological polar surface area (TPSA) is 78.9 Å². The van der Waals surface area contributed by atoms with Gasteiger partial charge in [-0.05, 0) is 26.7 Å². The van der Waals surface area contributed by atoms with E-state index in [9.17, 15) is 14.4 Å². The normalized spacial score (nSPS) is 12.6. The molecule has 0 radical (unpaired) electrons. The lowest BCUT2D eigenvalue weighted by Gasteiger charge is -2.15. The Morgan fingerprint density at radius 3 is 1.26 bits per heavy atom. The van der Waals surface area contributed by atoms with Gasteiger partial charge in [0.15, 0.2) is 0 Å². The first kappa shape index (κ1) is 37.4. The fourth-order valence-corrected chi connectivity index (χ4v) is 4.64. The molecule has 0 heterocycles. The summed E-state index contributed by atoms with van der Waals surface area (Å²) in [6.07, 6.45) is 23.7. The highest BCUT2D eigenvalue weighted by molar-refractivity contribution is 5.72. The van der Waals surface area contributed by atoms with Crippen LogP contribution >= 0.6 is 0 Å². The summed E-state index contributed by atoms with van der Waals surface area (Å²) < 4.78 is 16.0. The average Bonchev–Trinajstić information content (AvgIpc) is 2.88. The van der Waals surface area contributed by atoms with E-state index in [1.165, 1.54) is 89.9 Å². The highest BCUT2D eigenvalue weighted by Crippen LogP contribution is 2.13. The summed E-state index contributed by atoms with van der Waals surface area (Å²) in [5.41, 5.74) is 0. The number of hydrogen-bond donors (Lipinski definition) is 0. The maximum Gasteiger partial charge on any atom is 0.309 e. The Hall–Kier alpha value is -1.59. The summed E-state index contributed by atoms with van der Waals surface area (Å²) in [6, 6.07) is 0. The number of hydrogen-bond acceptors (Lipinski definition) is 6. The van der Waals surface area contributed by atoms with Crippen LogP contribution in [-0.2, 0) is 28.6 Å². The van der Waals surface area contributed by atoms with Crippen LogP contribution in [-0.4, -0.2) is 36.7 Å². The second-order valence-corrected chi connectivity index (χ2v) is 11.3. The van der Waals surface area contributed by atoms with Gasteiger partial charge in [-0.3, -0.25) is 14.4 Å². The molecule has 230 valence electrons. The van der Waals surface area contributed by atoms with E-state index in [2.05, 4.69) is 13.8 Å². The van der Waals surface area contributed by atoms with Gasteiger partial charge in [-0.15, -0.1) is 0 Å². The van der Waals surface area contributed by atoms with Crippen LogP contribution in [0.4, 0.5) is 0 Å². The van der Waals surface area contributed by atoms with Crippen molar-refractivity contribution in [3.8, 4) is 0 Å². The summed E-state index contributed by atoms with van der Waals surface area (Å²) in [6.45, 7) is 8.19. The maximum atomic E-state index is 12.1. The molecule has 0 spiro atoms. The van der Waals surface area contributed by atoms with Crippen LogP contribution in [0.5, 0.6) is 0 Å². The number of carbonyl (C=O) groups excluding carboxylic acids is 3. The van der Waals surface area contributed by atoms with Crippen LogP contribution in [0.2, 0.25) is 0 Å². The quantitative estimate of drug-likeness (QED) is 0.0544. The maximum absolute atomic E-state index is 12.1. The first-order valence-electron chi connectivity index (χ1n) is 16.4. The first-order valence-corrected chi connectivity index (χ1v) is 16.4. The summed E-state index contributed by atoms with van der Waals surface area (Å²) in [7, 11) is 0. The minimum Gasteiger partial charge on any atom is -0.465 e. The van der Waals surface area contributed by atoms with E-state index in [-0.39, 0.29) is 31.1 Å². The van der Waals surface area contributed by atoms with Crippen molar-refractivity contribution in [3.63, 3.8) is 0 Å². The molecule has 39 heavy (non-hydrogen) atoms. The Bertz CT molecular complexity index is 591. The standard InChI is InChI=1S/C33H62O6/c1-5-7-9-11-13-15-17-19-21-23-25-32(35)39-30(4)28-33(36)37-27-26-29(3)38-31(34)24-22-20-18-16-14-12-10-8-6-2/h29-30H,5-28H2,1-4H3/t29-,30-/m1/s1. The van der Waals surface area contributed by atoms with E-state index in [0.29, 0.717) is 19.3 Å². The van der Waals surface area contributed by atoms with Gasteiger partial charge in [0.05, 0.1) is 13.0 Å². The molecule has 0 aromatic heterocycles. The zero-order valence-electron chi connectivity index (χ0n) is 26.1. The minimum absolute atomic E-state index is 0.0382. The van der Waals surface area contributed by atoms with E-state index >= 15 is 0 Å². The fraction of sp³-hybridized carbons (Fsp3) is 0.909. The molecule has 6 nitrogen and oxygen atoms in total. The highest BCUT2D eigenvalue weighted by atomic mass is 16.6. The smallest absolute Gasteiger partial charge is 0.309 e. The lowest BCUT2D eigenvalue weighted by Crippen LogP contribution is -2.22. The van der Waals surface area contributed by atoms with Gasteiger partial charge >= 0.3 is 17.9 Å². The third-order valence-corrected chi connectivity index (χ3v) is 7.13. The zero-order valence-corrected chi connectivity index (χ0v) is 26.1. The van der Waals surface area contributed by atoms with E-state index < -0.39 is 12.1 Å². The Morgan fingerprint density at radius 2 is 0.846 bits per heavy atom. The van der Waals surface area contributed by atoms with E-state index in [1.54, 1.807) is 6.92 Å². The molecule has 0 rings (SSSR count). The van der Waals surface area contributed by atoms with Gasteiger partial charge in [0.25, 0.3) is 0 Å². The molecule has 0 amide bonds. The number of ether oxygens (including phenoxy) is 3. The van der Waals surface area contributed by atoms with Gasteiger partial charge in [0, 0.05) is 19.3 Å². The fourth-order valence-electron chi connectivity index (χ4n) is 4.64. The van der Waals surface area contributed by atoms with Gasteiger partial charge in [-0.1, -0.05) is 123 Å². The molecule has 2 atom stereocenters. The van der Waals surface area contributed by atoms with E-state index in [4.69, 9.17) is 14.2 Å². The van der Waals surface area contributed by atoms with Crippen molar-refractivity contribution >= 4 is 17.9 Å². The Balaban J connectivity index is 3.66. The molecule has 6 heteroatoms. The van der Waals surface area contributed by atoms with Crippen molar-refractivity contribution in [2.24, 2.45) is 0 Å². The largest absolute Gasteiger partial charge is 0.465 e. The van der Waals surface area contributed by atoms with Gasteiger partial charge in [-0.2, -0.15) is 0 Å². The van der Waals surface area contributed by atoms with Crippen molar-refractivity contribution in [3.05, 3.63) is 0 Å². The molecular formula is C33H62O6. The molecular weight excluding hydrogens is 492 g/mol. The Kier molecular flexibility index (Phi) is 26.8. The average molecular weight is 555 g/mol. The summed E-state index contributed by atoms with van der Waals surface area (Å²) >= 11 is 0. The van der Waals surface area contributed by atoms with Crippen LogP contribution in [0.3, 0.4) is 0 Å². The third-order valence-electron chi connectivity index (χ3n) is 7.13. The van der Waals surface area contributed by atoms with E-state index in [0.717, 1.165) is 32.1 Å². The van der Waals surface area contributed by atoms with Crippen molar-refractivity contribution in [1.29, 1.82) is 0 Å². The van der Waals surface area contributed by atoms with E-state index in [1.807, 2.05) is 6.92 Å². The first-order chi connectivity index (χ1) is 18.9. The second-order valence-electron chi connectivity index (χ2n) is 11.3. The highest BCUT2D eigenvalue weighted by Gasteiger charge is 2.16. The lowest BCUT2D eigenvalue weighted by molar-refractivity contribution is -0.154. The van der Waals surface area contributed by atoms with Crippen LogP contribution in [0.15, 0.2) is 0 Å². The SMILES string of the molecule is CCCCCCCCCCCCC(=O)O[C@H](C)CC(=O)OCC[C@@H](C)OC(=O)CCCCCCCCCCC. The number of carbonyl (C=O) groups is 3. The Labute approximate surface area is 240 Å². The predicted molar refractivity (Wildman–Crippen MR) is 160 cm³/mol. The molecule has 0 fully saturated rings. The van der Waals surface area contributed by atoms with Crippen LogP contribution in [0.25, 0.3) is 0 Å². The predicted octanol–water partition coefficient (Wildman–Crippen LogP) is 9.41. The lowest BCUT2D eigenvalue weighted by atomic mass is 10.1. The van der Waals surface area contributed by atoms with Crippen molar-refractivity contribution in [1.82, 2.24) is 0 Å². The molecule has 0 aliphatic heterocycles. The molecule has 0 aliphatic rings. The monoisotopic (exact) mass is 554 g/mol. The molecule has 0 aliphatic carbocycles. The molecule has 0 N–H and O–H groups in total. The molecule has 0 aromatic carbocycles. The van der Waals surface area contributed by atoms with Gasteiger partial charge in [0.2, 0.25) is 0 Å². The second kappa shape index (κ2) is 28.0. The third kappa shape index (κ3) is 27.8. The van der Waals surface area contributed by atoms with Crippen LogP contribution in [0.1, 0.15) is 175 Å².